The number of nitrogens with zero attached hydrogens (tertiary/aromatic N) is 2. The quantitative estimate of drug-likeness (QED) is 0.350. The predicted octanol–water partition coefficient (Wildman–Crippen LogP) is 3.96. The lowest BCUT2D eigenvalue weighted by atomic mass is 9.95. The second kappa shape index (κ2) is 12.8. The summed E-state index contributed by atoms with van der Waals surface area (Å²) >= 11 is 6.13. The van der Waals surface area contributed by atoms with Crippen molar-refractivity contribution >= 4 is 29.2 Å². The van der Waals surface area contributed by atoms with Crippen molar-refractivity contribution in [1.29, 1.82) is 0 Å². The molecule has 1 aliphatic rings. The van der Waals surface area contributed by atoms with Gasteiger partial charge in [0.1, 0.15) is 12.4 Å². The first-order valence-electron chi connectivity index (χ1n) is 11.5. The van der Waals surface area contributed by atoms with E-state index in [2.05, 4.69) is 20.8 Å². The van der Waals surface area contributed by atoms with Crippen molar-refractivity contribution in [3.63, 3.8) is 0 Å². The van der Waals surface area contributed by atoms with E-state index in [0.717, 1.165) is 23.2 Å². The topological polar surface area (TPSA) is 120 Å². The molecular formula is C25H27ClF3N5O4. The zero-order valence-corrected chi connectivity index (χ0v) is 21.4. The maximum atomic E-state index is 13.0. The van der Waals surface area contributed by atoms with E-state index in [9.17, 15) is 18.0 Å². The average Bonchev–Trinajstić information content (AvgIpc) is 3.39. The first-order valence-corrected chi connectivity index (χ1v) is 11.8. The monoisotopic (exact) mass is 553 g/mol. The third kappa shape index (κ3) is 8.20. The third-order valence-corrected chi connectivity index (χ3v) is 5.79. The van der Waals surface area contributed by atoms with E-state index in [1.165, 1.54) is 5.56 Å². The number of likely N-dealkylation sites (N-methyl/N-ethyl adjacent to an activating group) is 1. The van der Waals surface area contributed by atoms with Gasteiger partial charge in [-0.25, -0.2) is 4.79 Å². The molecule has 0 unspecified atom stereocenters. The minimum Gasteiger partial charge on any atom is -0.490 e. The van der Waals surface area contributed by atoms with E-state index in [1.54, 1.807) is 6.20 Å². The van der Waals surface area contributed by atoms with Crippen LogP contribution in [0.5, 0.6) is 5.75 Å². The normalized spacial score (nSPS) is 14.8. The largest absolute Gasteiger partial charge is 0.490 e. The number of carbonyl (C=O) groups is 2. The Morgan fingerprint density at radius 2 is 1.92 bits per heavy atom. The zero-order chi connectivity index (χ0) is 27.9. The molecule has 1 amide bonds. The summed E-state index contributed by atoms with van der Waals surface area (Å²) in [5.41, 5.74) is 4.84. The fraction of sp³-hybridized carbons (Fsp3) is 0.320. The molecule has 9 nitrogen and oxygen atoms in total. The number of halogens is 4. The van der Waals surface area contributed by atoms with Gasteiger partial charge in [0, 0.05) is 29.9 Å². The van der Waals surface area contributed by atoms with Gasteiger partial charge in [0.25, 0.3) is 0 Å². The Balaban J connectivity index is 0.000000505. The van der Waals surface area contributed by atoms with Crippen LogP contribution in [-0.4, -0.2) is 71.5 Å². The van der Waals surface area contributed by atoms with Crippen molar-refractivity contribution in [2.45, 2.75) is 25.2 Å². The number of H-pyrrole nitrogens is 1. The van der Waals surface area contributed by atoms with Gasteiger partial charge < -0.3 is 25.4 Å². The predicted molar refractivity (Wildman–Crippen MR) is 136 cm³/mol. The number of rotatable bonds is 7. The van der Waals surface area contributed by atoms with Crippen LogP contribution in [0.3, 0.4) is 0 Å². The fourth-order valence-corrected chi connectivity index (χ4v) is 3.75. The van der Waals surface area contributed by atoms with Crippen molar-refractivity contribution < 1.29 is 32.6 Å². The van der Waals surface area contributed by atoms with Crippen LogP contribution >= 0.6 is 11.6 Å². The fourth-order valence-electron chi connectivity index (χ4n) is 3.56. The molecule has 1 aromatic heterocycles. The van der Waals surface area contributed by atoms with E-state index in [1.807, 2.05) is 61.6 Å². The van der Waals surface area contributed by atoms with E-state index in [-0.39, 0.29) is 11.9 Å². The summed E-state index contributed by atoms with van der Waals surface area (Å²) in [5.74, 6) is -2.22. The van der Waals surface area contributed by atoms with Gasteiger partial charge in [0.05, 0.1) is 17.9 Å². The Morgan fingerprint density at radius 3 is 2.55 bits per heavy atom. The molecule has 1 atom stereocenters. The van der Waals surface area contributed by atoms with Gasteiger partial charge in [-0.05, 0) is 61.5 Å². The second-order valence-corrected chi connectivity index (χ2v) is 9.13. The lowest BCUT2D eigenvalue weighted by Gasteiger charge is -2.26. The number of anilines is 1. The number of hydrogen-bond acceptors (Lipinski definition) is 6. The van der Waals surface area contributed by atoms with Crippen LogP contribution in [0.2, 0.25) is 5.02 Å². The molecule has 0 spiro atoms. The standard InChI is InChI=1S/C23H26ClN5O2.C2HF3O2/c1-29(2)7-8-31-22-11-15(18-13-26-27-14-18)4-6-20(22)28-23(30)21-10-17-9-19(24)5-3-16(17)12-25-21;3-2(4,5)1(6)7/h3-6,9,11,13-14,21,25H,7-8,10,12H2,1-2H3,(H,26,27)(H,28,30);(H,6,7)/t21-;/m1./s1. The van der Waals surface area contributed by atoms with Crippen molar-refractivity contribution in [2.75, 3.05) is 32.6 Å². The van der Waals surface area contributed by atoms with Crippen molar-refractivity contribution in [1.82, 2.24) is 20.4 Å². The molecule has 13 heteroatoms. The van der Waals surface area contributed by atoms with Crippen molar-refractivity contribution in [2.24, 2.45) is 0 Å². The second-order valence-electron chi connectivity index (χ2n) is 8.69. The molecule has 0 saturated heterocycles. The number of aromatic amines is 1. The highest BCUT2D eigenvalue weighted by atomic mass is 35.5. The van der Waals surface area contributed by atoms with Crippen molar-refractivity contribution in [3.05, 3.63) is 64.9 Å². The van der Waals surface area contributed by atoms with Gasteiger partial charge in [-0.3, -0.25) is 9.89 Å². The minimum atomic E-state index is -5.08. The number of carbonyl (C=O) groups excluding carboxylic acids is 1. The van der Waals surface area contributed by atoms with E-state index < -0.39 is 12.1 Å². The number of fused-ring (bicyclic) bond motifs is 1. The Bertz CT molecular complexity index is 1250. The summed E-state index contributed by atoms with van der Waals surface area (Å²) in [6, 6.07) is 11.2. The van der Waals surface area contributed by atoms with Crippen LogP contribution in [0, 0.1) is 0 Å². The molecule has 0 saturated carbocycles. The number of benzene rings is 2. The highest BCUT2D eigenvalue weighted by molar-refractivity contribution is 6.30. The molecule has 0 fully saturated rings. The van der Waals surface area contributed by atoms with Crippen LogP contribution in [0.4, 0.5) is 18.9 Å². The van der Waals surface area contributed by atoms with E-state index in [4.69, 9.17) is 26.2 Å². The van der Waals surface area contributed by atoms with Gasteiger partial charge in [-0.2, -0.15) is 18.3 Å². The smallest absolute Gasteiger partial charge is 0.490 e. The minimum absolute atomic E-state index is 0.0980. The Hall–Kier alpha value is -3.61. The summed E-state index contributed by atoms with van der Waals surface area (Å²) in [5, 5.41) is 21.0. The molecule has 2 aromatic carbocycles. The molecule has 4 N–H and O–H groups in total. The highest BCUT2D eigenvalue weighted by Crippen LogP contribution is 2.31. The molecule has 204 valence electrons. The lowest BCUT2D eigenvalue weighted by molar-refractivity contribution is -0.192. The molecule has 3 aromatic rings. The van der Waals surface area contributed by atoms with Gasteiger partial charge in [-0.1, -0.05) is 23.7 Å². The Kier molecular flexibility index (Phi) is 9.72. The number of aliphatic carboxylic acids is 1. The number of alkyl halides is 3. The zero-order valence-electron chi connectivity index (χ0n) is 20.6. The SMILES string of the molecule is CN(C)CCOc1cc(-c2cn[nH]c2)ccc1NC(=O)[C@H]1Cc2cc(Cl)ccc2CN1.O=C(O)C(F)(F)F. The first-order chi connectivity index (χ1) is 17.9. The van der Waals surface area contributed by atoms with Gasteiger partial charge >= 0.3 is 12.1 Å². The highest BCUT2D eigenvalue weighted by Gasteiger charge is 2.38. The number of hydrogen-bond donors (Lipinski definition) is 4. The molecule has 2 heterocycles. The first kappa shape index (κ1) is 29.0. The molecule has 0 bridgehead atoms. The van der Waals surface area contributed by atoms with Gasteiger partial charge in [0.15, 0.2) is 0 Å². The summed E-state index contributed by atoms with van der Waals surface area (Å²) in [7, 11) is 3.99. The van der Waals surface area contributed by atoms with Crippen LogP contribution in [0.15, 0.2) is 48.8 Å². The molecule has 4 rings (SSSR count). The summed E-state index contributed by atoms with van der Waals surface area (Å²) in [6.07, 6.45) is -0.914. The lowest BCUT2D eigenvalue weighted by Crippen LogP contribution is -2.44. The van der Waals surface area contributed by atoms with E-state index in [0.29, 0.717) is 36.0 Å². The Morgan fingerprint density at radius 1 is 1.18 bits per heavy atom. The molecule has 0 aliphatic carbocycles. The number of ether oxygens (including phenoxy) is 1. The number of aromatic nitrogens is 2. The number of carboxylic acids is 1. The van der Waals surface area contributed by atoms with Crippen LogP contribution < -0.4 is 15.4 Å². The third-order valence-electron chi connectivity index (χ3n) is 5.56. The molecule has 38 heavy (non-hydrogen) atoms. The number of nitrogens with one attached hydrogen (secondary N) is 3. The summed E-state index contributed by atoms with van der Waals surface area (Å²) < 4.78 is 37.8. The van der Waals surface area contributed by atoms with Crippen molar-refractivity contribution in [3.8, 4) is 16.9 Å². The maximum Gasteiger partial charge on any atom is 0.490 e. The van der Waals surface area contributed by atoms with Gasteiger partial charge in [0.2, 0.25) is 5.91 Å². The number of carboxylic acid groups (broad SMARTS) is 1. The average molecular weight is 554 g/mol. The molecular weight excluding hydrogens is 527 g/mol. The molecule has 0 radical (unpaired) electrons. The summed E-state index contributed by atoms with van der Waals surface area (Å²) in [6.45, 7) is 1.92. The summed E-state index contributed by atoms with van der Waals surface area (Å²) in [4.78, 5) is 24.0. The van der Waals surface area contributed by atoms with Crippen LogP contribution in [0.1, 0.15) is 11.1 Å². The molecule has 1 aliphatic heterocycles. The maximum absolute atomic E-state index is 13.0. The van der Waals surface area contributed by atoms with Gasteiger partial charge in [-0.15, -0.1) is 0 Å². The van der Waals surface area contributed by atoms with E-state index >= 15 is 0 Å². The Labute approximate surface area is 221 Å². The van der Waals surface area contributed by atoms with Crippen LogP contribution in [-0.2, 0) is 22.6 Å². The van der Waals surface area contributed by atoms with Crippen LogP contribution in [0.25, 0.3) is 11.1 Å². The number of amides is 1.